The Morgan fingerprint density at radius 2 is 0.680 bits per heavy atom. The van der Waals surface area contributed by atoms with Crippen molar-refractivity contribution in [2.75, 3.05) is 0 Å². The third-order valence-corrected chi connectivity index (χ3v) is 9.64. The lowest BCUT2D eigenvalue weighted by atomic mass is 9.95. The Morgan fingerprint density at radius 3 is 1.24 bits per heavy atom. The summed E-state index contributed by atoms with van der Waals surface area (Å²) >= 11 is 0. The summed E-state index contributed by atoms with van der Waals surface area (Å²) in [7, 11) is 0. The van der Waals surface area contributed by atoms with Gasteiger partial charge in [-0.1, -0.05) is 146 Å². The van der Waals surface area contributed by atoms with Crippen LogP contribution < -0.4 is 0 Å². The van der Waals surface area contributed by atoms with Crippen molar-refractivity contribution in [1.82, 2.24) is 19.9 Å². The van der Waals surface area contributed by atoms with Crippen molar-refractivity contribution in [3.05, 3.63) is 170 Å². The van der Waals surface area contributed by atoms with Crippen molar-refractivity contribution < 1.29 is 0 Å². The molecule has 0 atom stereocenters. The van der Waals surface area contributed by atoms with Gasteiger partial charge in [0.25, 0.3) is 0 Å². The Balaban J connectivity index is 1.06. The number of nitrogens with zero attached hydrogens (tertiary/aromatic N) is 4. The molecule has 0 radical (unpaired) electrons. The van der Waals surface area contributed by atoms with Crippen molar-refractivity contribution in [1.29, 1.82) is 0 Å². The van der Waals surface area contributed by atoms with E-state index < -0.39 is 0 Å². The van der Waals surface area contributed by atoms with Crippen LogP contribution in [0.15, 0.2) is 170 Å². The van der Waals surface area contributed by atoms with E-state index in [9.17, 15) is 0 Å². The zero-order valence-electron chi connectivity index (χ0n) is 27.0. The van der Waals surface area contributed by atoms with Gasteiger partial charge < -0.3 is 0 Å². The second kappa shape index (κ2) is 11.4. The fraction of sp³-hybridized carbons (Fsp3) is 0. The molecule has 0 saturated heterocycles. The van der Waals surface area contributed by atoms with Crippen LogP contribution >= 0.6 is 0 Å². The molecule has 4 aromatic heterocycles. The van der Waals surface area contributed by atoms with E-state index in [1.807, 2.05) is 24.3 Å². The van der Waals surface area contributed by atoms with Crippen LogP contribution in [-0.2, 0) is 0 Å². The van der Waals surface area contributed by atoms with Crippen LogP contribution in [0.2, 0.25) is 0 Å². The van der Waals surface area contributed by atoms with E-state index in [2.05, 4.69) is 146 Å². The minimum Gasteiger partial charge on any atom is -0.245 e. The lowest BCUT2D eigenvalue weighted by molar-refractivity contribution is 1.36. The highest BCUT2D eigenvalue weighted by molar-refractivity contribution is 6.16. The Bertz CT molecular complexity index is 2900. The van der Waals surface area contributed by atoms with Crippen LogP contribution in [0.3, 0.4) is 0 Å². The van der Waals surface area contributed by atoms with Crippen molar-refractivity contribution in [2.24, 2.45) is 0 Å². The Morgan fingerprint density at radius 1 is 0.260 bits per heavy atom. The number of pyridine rings is 4. The lowest BCUT2D eigenvalue weighted by Crippen LogP contribution is -1.93. The van der Waals surface area contributed by atoms with Crippen LogP contribution in [0.5, 0.6) is 0 Å². The van der Waals surface area contributed by atoms with Gasteiger partial charge in [-0.2, -0.15) is 0 Å². The predicted molar refractivity (Wildman–Crippen MR) is 207 cm³/mol. The molecular formula is C46H28N4. The van der Waals surface area contributed by atoms with E-state index in [0.717, 1.165) is 88.3 Å². The number of hydrogen-bond acceptors (Lipinski definition) is 4. The molecule has 10 aromatic rings. The lowest BCUT2D eigenvalue weighted by Gasteiger charge is -2.13. The molecule has 0 bridgehead atoms. The maximum absolute atomic E-state index is 5.24. The monoisotopic (exact) mass is 636 g/mol. The van der Waals surface area contributed by atoms with E-state index >= 15 is 0 Å². The third kappa shape index (κ3) is 4.69. The Labute approximate surface area is 288 Å². The first-order chi connectivity index (χ1) is 24.8. The fourth-order valence-corrected chi connectivity index (χ4v) is 7.12. The van der Waals surface area contributed by atoms with Gasteiger partial charge in [0.2, 0.25) is 0 Å². The van der Waals surface area contributed by atoms with Crippen molar-refractivity contribution in [3.8, 4) is 44.9 Å². The fourth-order valence-electron chi connectivity index (χ4n) is 7.12. The van der Waals surface area contributed by atoms with E-state index in [1.165, 1.54) is 11.1 Å². The highest BCUT2D eigenvalue weighted by Gasteiger charge is 2.15. The second-order valence-electron chi connectivity index (χ2n) is 12.6. The van der Waals surface area contributed by atoms with Gasteiger partial charge in [0.15, 0.2) is 0 Å². The Kier molecular flexibility index (Phi) is 6.46. The summed E-state index contributed by atoms with van der Waals surface area (Å²) in [6, 6.07) is 59.0. The predicted octanol–water partition coefficient (Wildman–Crippen LogP) is 11.7. The summed E-state index contributed by atoms with van der Waals surface area (Å²) in [6.45, 7) is 0. The quantitative estimate of drug-likeness (QED) is 0.142. The normalized spacial score (nSPS) is 11.6. The van der Waals surface area contributed by atoms with Crippen molar-refractivity contribution in [2.45, 2.75) is 0 Å². The van der Waals surface area contributed by atoms with Crippen molar-refractivity contribution >= 4 is 54.5 Å². The summed E-state index contributed by atoms with van der Waals surface area (Å²) in [6.07, 6.45) is 0. The number of fused-ring (bicyclic) bond motifs is 7. The van der Waals surface area contributed by atoms with E-state index in [4.69, 9.17) is 19.9 Å². The number of benzene rings is 6. The van der Waals surface area contributed by atoms with Gasteiger partial charge in [-0.3, -0.25) is 0 Å². The minimum atomic E-state index is 0.900. The molecule has 10 rings (SSSR count). The van der Waals surface area contributed by atoms with Gasteiger partial charge in [0.05, 0.1) is 44.7 Å². The standard InChI is InChI=1S/C46H28N4/c1-3-9-29(10-4-1)38-26-22-33-19-20-34-23-27-39(48-44(34)43(33)47-38)30-15-17-31(18-16-30)40-28-24-35-21-25-37-42(32-11-5-2-6-12-32)36-13-7-8-14-41(36)50-46(37)45(35)49-40/h1-28H. The number of para-hydroxylation sites is 1. The molecule has 232 valence electrons. The third-order valence-electron chi connectivity index (χ3n) is 9.64. The SMILES string of the molecule is c1ccc(-c2ccc3ccc4ccc(-c5ccc(-c6ccc7ccc8c(-c9ccccc9)c9ccccc9nc8c7n6)cc5)nc4c3n2)cc1. The van der Waals surface area contributed by atoms with Gasteiger partial charge in [0, 0.05) is 49.2 Å². The Hall–Kier alpha value is -6.78. The molecule has 4 nitrogen and oxygen atoms in total. The molecule has 0 aliphatic heterocycles. The zero-order chi connectivity index (χ0) is 33.0. The molecule has 0 amide bonds. The summed E-state index contributed by atoms with van der Waals surface area (Å²) in [4.78, 5) is 20.6. The average Bonchev–Trinajstić information content (AvgIpc) is 3.20. The summed E-state index contributed by atoms with van der Waals surface area (Å²) in [5.74, 6) is 0. The molecule has 6 aromatic carbocycles. The van der Waals surface area contributed by atoms with Crippen molar-refractivity contribution in [3.63, 3.8) is 0 Å². The van der Waals surface area contributed by atoms with Crippen LogP contribution in [0.1, 0.15) is 0 Å². The number of aromatic nitrogens is 4. The molecule has 0 unspecified atom stereocenters. The highest BCUT2D eigenvalue weighted by Crippen LogP contribution is 2.38. The maximum atomic E-state index is 5.24. The number of hydrogen-bond donors (Lipinski definition) is 0. The highest BCUT2D eigenvalue weighted by atomic mass is 14.8. The summed E-state index contributed by atoms with van der Waals surface area (Å²) in [5.41, 5.74) is 12.9. The van der Waals surface area contributed by atoms with Crippen LogP contribution in [0.4, 0.5) is 0 Å². The van der Waals surface area contributed by atoms with Gasteiger partial charge in [-0.05, 0) is 29.8 Å². The van der Waals surface area contributed by atoms with Gasteiger partial charge in [0.1, 0.15) is 0 Å². The number of rotatable bonds is 4. The molecule has 4 heterocycles. The second-order valence-corrected chi connectivity index (χ2v) is 12.6. The van der Waals surface area contributed by atoms with Crippen LogP contribution in [0, 0.1) is 0 Å². The van der Waals surface area contributed by atoms with Crippen LogP contribution in [-0.4, -0.2) is 19.9 Å². The zero-order valence-corrected chi connectivity index (χ0v) is 27.0. The molecule has 0 aliphatic carbocycles. The summed E-state index contributed by atoms with van der Waals surface area (Å²) < 4.78 is 0. The van der Waals surface area contributed by atoms with Gasteiger partial charge in [-0.15, -0.1) is 0 Å². The first-order valence-corrected chi connectivity index (χ1v) is 16.8. The summed E-state index contributed by atoms with van der Waals surface area (Å²) in [5, 5.41) is 5.45. The maximum Gasteiger partial charge on any atom is 0.0978 e. The first kappa shape index (κ1) is 28.3. The molecule has 0 saturated carbocycles. The topological polar surface area (TPSA) is 51.6 Å². The molecule has 0 fully saturated rings. The van der Waals surface area contributed by atoms with Gasteiger partial charge in [-0.25, -0.2) is 19.9 Å². The van der Waals surface area contributed by atoms with Crippen LogP contribution in [0.25, 0.3) is 99.4 Å². The molecule has 0 N–H and O–H groups in total. The average molecular weight is 637 g/mol. The van der Waals surface area contributed by atoms with E-state index in [0.29, 0.717) is 0 Å². The molecule has 0 spiro atoms. The molecular weight excluding hydrogens is 609 g/mol. The molecule has 50 heavy (non-hydrogen) atoms. The molecule has 4 heteroatoms. The first-order valence-electron chi connectivity index (χ1n) is 16.8. The minimum absolute atomic E-state index is 0.900. The molecule has 0 aliphatic rings. The largest absolute Gasteiger partial charge is 0.245 e. The smallest absolute Gasteiger partial charge is 0.0978 e. The van der Waals surface area contributed by atoms with E-state index in [1.54, 1.807) is 0 Å². The van der Waals surface area contributed by atoms with Gasteiger partial charge >= 0.3 is 0 Å². The van der Waals surface area contributed by atoms with E-state index in [-0.39, 0.29) is 0 Å².